The molecule has 0 spiro atoms. The molecule has 0 radical (unpaired) electrons. The molecule has 1 unspecified atom stereocenters. The predicted octanol–water partition coefficient (Wildman–Crippen LogP) is 6.58. The van der Waals surface area contributed by atoms with Crippen LogP contribution in [0, 0.1) is 0 Å². The second-order valence-corrected chi connectivity index (χ2v) is 8.63. The molecule has 0 bridgehead atoms. The van der Waals surface area contributed by atoms with E-state index >= 15 is 0 Å². The zero-order valence-electron chi connectivity index (χ0n) is 18.5. The van der Waals surface area contributed by atoms with Gasteiger partial charge in [-0.2, -0.15) is 0 Å². The molecule has 0 aliphatic carbocycles. The molecule has 4 aromatic rings. The van der Waals surface area contributed by atoms with E-state index in [1.807, 2.05) is 59.5 Å². The number of nitrogens with zero attached hydrogens (tertiary/aromatic N) is 1. The molecule has 0 saturated carbocycles. The molecule has 166 valence electrons. The minimum absolute atomic E-state index is 0.0793. The number of benzene rings is 4. The van der Waals surface area contributed by atoms with E-state index in [1.165, 1.54) is 0 Å². The predicted molar refractivity (Wildman–Crippen MR) is 133 cm³/mol. The minimum Gasteiger partial charge on any atom is -0.497 e. The Balaban J connectivity index is 1.68. The van der Waals surface area contributed by atoms with Crippen LogP contribution in [0.5, 0.6) is 11.5 Å². The van der Waals surface area contributed by atoms with Crippen molar-refractivity contribution in [1.29, 1.82) is 0 Å². The lowest BCUT2D eigenvalue weighted by molar-refractivity contribution is -0.119. The second-order valence-electron chi connectivity index (χ2n) is 8.19. The summed E-state index contributed by atoms with van der Waals surface area (Å²) in [6.07, 6.45) is 0.358. The topological polar surface area (TPSA) is 38.8 Å². The number of anilines is 1. The van der Waals surface area contributed by atoms with Gasteiger partial charge in [0.05, 0.1) is 20.8 Å². The van der Waals surface area contributed by atoms with Crippen molar-refractivity contribution in [2.75, 3.05) is 19.1 Å². The summed E-state index contributed by atoms with van der Waals surface area (Å²) in [6.45, 7) is 0.494. The van der Waals surface area contributed by atoms with E-state index in [-0.39, 0.29) is 11.8 Å². The SMILES string of the molecule is COc1ccc(C2CC(=O)N(Cc3ccc(Cl)cc3)c3ccc4ccccc4c32)c(OC)c1. The highest BCUT2D eigenvalue weighted by Crippen LogP contribution is 2.47. The zero-order valence-corrected chi connectivity index (χ0v) is 19.3. The van der Waals surface area contributed by atoms with Gasteiger partial charge < -0.3 is 14.4 Å². The first-order valence-corrected chi connectivity index (χ1v) is 11.2. The molecule has 0 fully saturated rings. The lowest BCUT2D eigenvalue weighted by Crippen LogP contribution is -2.36. The monoisotopic (exact) mass is 457 g/mol. The van der Waals surface area contributed by atoms with Gasteiger partial charge in [-0.05, 0) is 46.2 Å². The van der Waals surface area contributed by atoms with Crippen LogP contribution in [0.2, 0.25) is 5.02 Å². The van der Waals surface area contributed by atoms with Gasteiger partial charge in [-0.1, -0.05) is 60.1 Å². The third kappa shape index (κ3) is 3.91. The summed E-state index contributed by atoms with van der Waals surface area (Å²) in [4.78, 5) is 15.4. The maximum absolute atomic E-state index is 13.5. The van der Waals surface area contributed by atoms with Crippen LogP contribution < -0.4 is 14.4 Å². The Bertz CT molecular complexity index is 1330. The second kappa shape index (κ2) is 8.80. The maximum atomic E-state index is 13.5. The molecule has 0 saturated heterocycles. The van der Waals surface area contributed by atoms with E-state index in [0.717, 1.165) is 44.6 Å². The van der Waals surface area contributed by atoms with Gasteiger partial charge in [-0.25, -0.2) is 0 Å². The number of methoxy groups -OCH3 is 2. The molecule has 4 aromatic carbocycles. The normalized spacial score (nSPS) is 15.4. The van der Waals surface area contributed by atoms with Crippen molar-refractivity contribution in [3.63, 3.8) is 0 Å². The van der Waals surface area contributed by atoms with E-state index in [0.29, 0.717) is 18.0 Å². The van der Waals surface area contributed by atoms with E-state index in [4.69, 9.17) is 21.1 Å². The molecule has 33 heavy (non-hydrogen) atoms. The number of amides is 1. The van der Waals surface area contributed by atoms with Crippen molar-refractivity contribution in [2.45, 2.75) is 18.9 Å². The number of ether oxygens (including phenoxy) is 2. The average molecular weight is 458 g/mol. The third-order valence-electron chi connectivity index (χ3n) is 6.34. The van der Waals surface area contributed by atoms with Crippen LogP contribution in [0.4, 0.5) is 5.69 Å². The molecule has 1 amide bonds. The summed E-state index contributed by atoms with van der Waals surface area (Å²) >= 11 is 6.07. The van der Waals surface area contributed by atoms with Crippen LogP contribution in [0.25, 0.3) is 10.8 Å². The molecule has 0 N–H and O–H groups in total. The zero-order chi connectivity index (χ0) is 22.9. The van der Waals surface area contributed by atoms with Gasteiger partial charge in [-0.3, -0.25) is 4.79 Å². The fraction of sp³-hybridized carbons (Fsp3) is 0.179. The van der Waals surface area contributed by atoms with E-state index in [9.17, 15) is 4.79 Å². The Morgan fingerprint density at radius 2 is 1.73 bits per heavy atom. The average Bonchev–Trinajstić information content (AvgIpc) is 2.86. The fourth-order valence-corrected chi connectivity index (χ4v) is 4.85. The number of fused-ring (bicyclic) bond motifs is 3. The van der Waals surface area contributed by atoms with Gasteiger partial charge in [0.1, 0.15) is 11.5 Å². The summed E-state index contributed by atoms with van der Waals surface area (Å²) in [5.74, 6) is 1.40. The summed E-state index contributed by atoms with van der Waals surface area (Å²) in [6, 6.07) is 25.9. The molecule has 1 aliphatic rings. The van der Waals surface area contributed by atoms with Gasteiger partial charge in [0.15, 0.2) is 0 Å². The summed E-state index contributed by atoms with van der Waals surface area (Å²) in [5.41, 5.74) is 4.09. The van der Waals surface area contributed by atoms with Gasteiger partial charge >= 0.3 is 0 Å². The van der Waals surface area contributed by atoms with E-state index in [2.05, 4.69) is 24.3 Å². The Labute approximate surface area is 198 Å². The molecule has 5 rings (SSSR count). The molecule has 1 heterocycles. The molecular formula is C28H24ClNO3. The molecule has 1 atom stereocenters. The van der Waals surface area contributed by atoms with Gasteiger partial charge in [0, 0.05) is 34.7 Å². The summed E-state index contributed by atoms with van der Waals surface area (Å²) in [7, 11) is 3.29. The number of halogens is 1. The molecule has 0 aromatic heterocycles. The van der Waals surface area contributed by atoms with Gasteiger partial charge in [-0.15, -0.1) is 0 Å². The minimum atomic E-state index is -0.124. The van der Waals surface area contributed by atoms with Crippen LogP contribution in [-0.2, 0) is 11.3 Å². The lowest BCUT2D eigenvalue weighted by atomic mass is 9.80. The summed E-state index contributed by atoms with van der Waals surface area (Å²) < 4.78 is 11.1. The highest BCUT2D eigenvalue weighted by molar-refractivity contribution is 6.30. The number of carbonyl (C=O) groups excluding carboxylic acids is 1. The Kier molecular flexibility index (Phi) is 5.69. The largest absolute Gasteiger partial charge is 0.497 e. The molecule has 1 aliphatic heterocycles. The van der Waals surface area contributed by atoms with Crippen LogP contribution >= 0.6 is 11.6 Å². The standard InChI is InChI=1S/C28H24ClNO3/c1-32-21-12-13-23(26(15-21)33-2)24-16-27(31)30(17-18-7-10-20(29)11-8-18)25-14-9-19-5-3-4-6-22(19)28(24)25/h3-15,24H,16-17H2,1-2H3. The molecular weight excluding hydrogens is 434 g/mol. The van der Waals surface area contributed by atoms with Crippen molar-refractivity contribution < 1.29 is 14.3 Å². The van der Waals surface area contributed by atoms with Crippen LogP contribution in [0.1, 0.15) is 29.0 Å². The quantitative estimate of drug-likeness (QED) is 0.340. The smallest absolute Gasteiger partial charge is 0.228 e. The highest BCUT2D eigenvalue weighted by Gasteiger charge is 2.35. The van der Waals surface area contributed by atoms with Gasteiger partial charge in [0.2, 0.25) is 5.91 Å². The first-order chi connectivity index (χ1) is 16.1. The van der Waals surface area contributed by atoms with Crippen LogP contribution in [0.3, 0.4) is 0 Å². The Morgan fingerprint density at radius 1 is 0.939 bits per heavy atom. The molecule has 5 heteroatoms. The Morgan fingerprint density at radius 3 is 2.48 bits per heavy atom. The van der Waals surface area contributed by atoms with Crippen molar-refractivity contribution in [1.82, 2.24) is 0 Å². The van der Waals surface area contributed by atoms with Crippen molar-refractivity contribution in [3.05, 3.63) is 101 Å². The van der Waals surface area contributed by atoms with Crippen LogP contribution in [0.15, 0.2) is 78.9 Å². The van der Waals surface area contributed by atoms with Crippen molar-refractivity contribution in [2.24, 2.45) is 0 Å². The maximum Gasteiger partial charge on any atom is 0.228 e. The fourth-order valence-electron chi connectivity index (χ4n) is 4.72. The van der Waals surface area contributed by atoms with Crippen molar-refractivity contribution in [3.8, 4) is 11.5 Å². The Hall–Kier alpha value is -3.50. The molecule has 4 nitrogen and oxygen atoms in total. The van der Waals surface area contributed by atoms with Crippen molar-refractivity contribution >= 4 is 34.0 Å². The number of hydrogen-bond acceptors (Lipinski definition) is 3. The first-order valence-electron chi connectivity index (χ1n) is 10.9. The first kappa shape index (κ1) is 21.4. The highest BCUT2D eigenvalue weighted by atomic mass is 35.5. The lowest BCUT2D eigenvalue weighted by Gasteiger charge is -2.36. The number of hydrogen-bond donors (Lipinski definition) is 0. The van der Waals surface area contributed by atoms with E-state index < -0.39 is 0 Å². The third-order valence-corrected chi connectivity index (χ3v) is 6.59. The van der Waals surface area contributed by atoms with E-state index in [1.54, 1.807) is 14.2 Å². The van der Waals surface area contributed by atoms with Gasteiger partial charge in [0.25, 0.3) is 0 Å². The number of carbonyl (C=O) groups is 1. The van der Waals surface area contributed by atoms with Crippen LogP contribution in [-0.4, -0.2) is 20.1 Å². The summed E-state index contributed by atoms with van der Waals surface area (Å²) in [5, 5.41) is 2.97. The number of rotatable bonds is 5.